The summed E-state index contributed by atoms with van der Waals surface area (Å²) in [5.74, 6) is 1.37. The Bertz CT molecular complexity index is 456. The summed E-state index contributed by atoms with van der Waals surface area (Å²) in [6, 6.07) is 4.27. The molecule has 0 aromatic carbocycles. The number of likely N-dealkylation sites (tertiary alicyclic amines) is 1. The van der Waals surface area contributed by atoms with E-state index in [9.17, 15) is 4.79 Å². The molecule has 1 aromatic rings. The minimum Gasteiger partial charge on any atom is -0.337 e. The van der Waals surface area contributed by atoms with Gasteiger partial charge in [-0.1, -0.05) is 6.42 Å². The van der Waals surface area contributed by atoms with Crippen molar-refractivity contribution in [1.82, 2.24) is 4.90 Å². The second-order valence-corrected chi connectivity index (χ2v) is 6.93. The van der Waals surface area contributed by atoms with E-state index in [1.807, 2.05) is 24.0 Å². The maximum atomic E-state index is 12.4. The molecule has 3 nitrogen and oxygen atoms in total. The van der Waals surface area contributed by atoms with E-state index in [1.54, 1.807) is 11.3 Å². The smallest absolute Gasteiger partial charge is 0.263 e. The zero-order valence-corrected chi connectivity index (χ0v) is 11.6. The number of rotatable bonds is 1. The van der Waals surface area contributed by atoms with Crippen LogP contribution < -0.4 is 5.73 Å². The lowest BCUT2D eigenvalue weighted by Gasteiger charge is -2.29. The normalized spacial score (nSPS) is 31.4. The lowest BCUT2D eigenvalue weighted by molar-refractivity contribution is 0.0788. The predicted octanol–water partition coefficient (Wildman–Crippen LogP) is 2.26. The Morgan fingerprint density at radius 1 is 1.39 bits per heavy atom. The molecule has 2 fully saturated rings. The molecular formula is C14H20N2OS. The van der Waals surface area contributed by atoms with Gasteiger partial charge in [-0.15, -0.1) is 11.3 Å². The minimum absolute atomic E-state index is 0.203. The molecule has 2 N–H and O–H groups in total. The quantitative estimate of drug-likeness (QED) is 0.845. The van der Waals surface area contributed by atoms with Crippen LogP contribution in [0.2, 0.25) is 0 Å². The molecule has 98 valence electrons. The van der Waals surface area contributed by atoms with E-state index in [1.165, 1.54) is 17.7 Å². The third kappa shape index (κ3) is 2.08. The summed E-state index contributed by atoms with van der Waals surface area (Å²) in [4.78, 5) is 16.5. The molecule has 3 atom stereocenters. The summed E-state index contributed by atoms with van der Waals surface area (Å²) in [6.07, 6.45) is 3.59. The third-order valence-corrected chi connectivity index (χ3v) is 5.38. The van der Waals surface area contributed by atoms with Crippen LogP contribution in [0, 0.1) is 18.8 Å². The van der Waals surface area contributed by atoms with Gasteiger partial charge in [-0.3, -0.25) is 4.79 Å². The van der Waals surface area contributed by atoms with Gasteiger partial charge in [-0.2, -0.15) is 0 Å². The molecule has 3 rings (SSSR count). The molecule has 0 bridgehead atoms. The first kappa shape index (κ1) is 12.2. The molecule has 1 saturated heterocycles. The van der Waals surface area contributed by atoms with E-state index in [0.717, 1.165) is 24.4 Å². The zero-order chi connectivity index (χ0) is 12.7. The number of thiophene rings is 1. The Labute approximate surface area is 112 Å². The fraction of sp³-hybridized carbons (Fsp3) is 0.643. The van der Waals surface area contributed by atoms with Crippen molar-refractivity contribution < 1.29 is 4.79 Å². The molecule has 4 heteroatoms. The average molecular weight is 264 g/mol. The summed E-state index contributed by atoms with van der Waals surface area (Å²) in [5, 5.41) is 0. The fourth-order valence-electron chi connectivity index (χ4n) is 3.39. The van der Waals surface area contributed by atoms with Crippen molar-refractivity contribution in [2.75, 3.05) is 13.1 Å². The highest BCUT2D eigenvalue weighted by Crippen LogP contribution is 2.36. The van der Waals surface area contributed by atoms with Crippen LogP contribution >= 0.6 is 11.3 Å². The highest BCUT2D eigenvalue weighted by atomic mass is 32.1. The summed E-state index contributed by atoms with van der Waals surface area (Å²) in [6.45, 7) is 3.82. The number of fused-ring (bicyclic) bond motifs is 1. The molecule has 1 saturated carbocycles. The number of nitrogens with two attached hydrogens (primary N) is 1. The first-order chi connectivity index (χ1) is 8.65. The van der Waals surface area contributed by atoms with Gasteiger partial charge in [0.1, 0.15) is 0 Å². The molecule has 2 heterocycles. The molecule has 3 unspecified atom stereocenters. The lowest BCUT2D eigenvalue weighted by Crippen LogP contribution is -2.38. The molecule has 1 aliphatic heterocycles. The van der Waals surface area contributed by atoms with E-state index in [0.29, 0.717) is 17.9 Å². The largest absolute Gasteiger partial charge is 0.337 e. The molecular weight excluding hydrogens is 244 g/mol. The molecule has 1 aliphatic carbocycles. The van der Waals surface area contributed by atoms with E-state index in [-0.39, 0.29) is 5.91 Å². The van der Waals surface area contributed by atoms with Crippen molar-refractivity contribution >= 4 is 17.2 Å². The summed E-state index contributed by atoms with van der Waals surface area (Å²) < 4.78 is 0. The van der Waals surface area contributed by atoms with Crippen LogP contribution in [0.3, 0.4) is 0 Å². The van der Waals surface area contributed by atoms with Gasteiger partial charge < -0.3 is 10.6 Å². The van der Waals surface area contributed by atoms with Crippen LogP contribution in [0.4, 0.5) is 0 Å². The zero-order valence-electron chi connectivity index (χ0n) is 10.8. The van der Waals surface area contributed by atoms with Gasteiger partial charge >= 0.3 is 0 Å². The highest BCUT2D eigenvalue weighted by Gasteiger charge is 2.40. The van der Waals surface area contributed by atoms with Crippen LogP contribution in [0.5, 0.6) is 0 Å². The molecule has 0 radical (unpaired) electrons. The topological polar surface area (TPSA) is 46.3 Å². The maximum absolute atomic E-state index is 12.4. The summed E-state index contributed by atoms with van der Waals surface area (Å²) in [7, 11) is 0. The SMILES string of the molecule is Cc1ccc(C(=O)N2CC3CCCC(N)C3C2)s1. The van der Waals surface area contributed by atoms with Crippen molar-refractivity contribution in [3.05, 3.63) is 21.9 Å². The number of hydrogen-bond acceptors (Lipinski definition) is 3. The Morgan fingerprint density at radius 2 is 2.22 bits per heavy atom. The van der Waals surface area contributed by atoms with Crippen molar-refractivity contribution in [3.63, 3.8) is 0 Å². The molecule has 1 amide bonds. The molecule has 2 aliphatic rings. The van der Waals surface area contributed by atoms with Crippen LogP contribution in [-0.4, -0.2) is 29.9 Å². The van der Waals surface area contributed by atoms with Gasteiger partial charge in [0.05, 0.1) is 4.88 Å². The molecule has 1 aromatic heterocycles. The van der Waals surface area contributed by atoms with E-state index in [4.69, 9.17) is 5.73 Å². The number of aryl methyl sites for hydroxylation is 1. The Hall–Kier alpha value is -0.870. The van der Waals surface area contributed by atoms with Crippen LogP contribution in [-0.2, 0) is 0 Å². The van der Waals surface area contributed by atoms with Gasteiger partial charge in [0.2, 0.25) is 0 Å². The average Bonchev–Trinajstić information content (AvgIpc) is 2.95. The number of nitrogens with zero attached hydrogens (tertiary/aromatic N) is 1. The van der Waals surface area contributed by atoms with Crippen LogP contribution in [0.25, 0.3) is 0 Å². The molecule has 18 heavy (non-hydrogen) atoms. The fourth-order valence-corrected chi connectivity index (χ4v) is 4.22. The first-order valence-corrected chi connectivity index (χ1v) is 7.58. The molecule has 0 spiro atoms. The van der Waals surface area contributed by atoms with Gasteiger partial charge in [0.15, 0.2) is 0 Å². The Morgan fingerprint density at radius 3 is 2.89 bits per heavy atom. The number of carbonyl (C=O) groups is 1. The van der Waals surface area contributed by atoms with Crippen LogP contribution in [0.15, 0.2) is 12.1 Å². The Kier molecular flexibility index (Phi) is 3.16. The lowest BCUT2D eigenvalue weighted by atomic mass is 9.78. The van der Waals surface area contributed by atoms with Gasteiger partial charge in [-0.05, 0) is 43.7 Å². The van der Waals surface area contributed by atoms with Crippen LogP contribution in [0.1, 0.15) is 33.8 Å². The highest BCUT2D eigenvalue weighted by molar-refractivity contribution is 7.13. The summed E-state index contributed by atoms with van der Waals surface area (Å²) >= 11 is 1.59. The standard InChI is InChI=1S/C14H20N2OS/c1-9-5-6-13(18-9)14(17)16-7-10-3-2-4-12(15)11(10)8-16/h5-6,10-12H,2-4,7-8,15H2,1H3. The second-order valence-electron chi connectivity index (χ2n) is 5.64. The number of hydrogen-bond donors (Lipinski definition) is 1. The van der Waals surface area contributed by atoms with Crippen molar-refractivity contribution in [1.29, 1.82) is 0 Å². The minimum atomic E-state index is 0.203. The maximum Gasteiger partial charge on any atom is 0.263 e. The number of amides is 1. The number of carbonyl (C=O) groups excluding carboxylic acids is 1. The van der Waals surface area contributed by atoms with Crippen molar-refractivity contribution in [3.8, 4) is 0 Å². The second kappa shape index (κ2) is 4.67. The first-order valence-electron chi connectivity index (χ1n) is 6.76. The van der Waals surface area contributed by atoms with Gasteiger partial charge in [-0.25, -0.2) is 0 Å². The van der Waals surface area contributed by atoms with E-state index in [2.05, 4.69) is 0 Å². The van der Waals surface area contributed by atoms with E-state index >= 15 is 0 Å². The summed E-state index contributed by atoms with van der Waals surface area (Å²) in [5.41, 5.74) is 6.19. The van der Waals surface area contributed by atoms with Crippen molar-refractivity contribution in [2.45, 2.75) is 32.2 Å². The monoisotopic (exact) mass is 264 g/mol. The van der Waals surface area contributed by atoms with Crippen molar-refractivity contribution in [2.24, 2.45) is 17.6 Å². The van der Waals surface area contributed by atoms with E-state index < -0.39 is 0 Å². The van der Waals surface area contributed by atoms with Gasteiger partial charge in [0, 0.05) is 24.0 Å². The Balaban J connectivity index is 1.73. The third-order valence-electron chi connectivity index (χ3n) is 4.39. The van der Waals surface area contributed by atoms with Gasteiger partial charge in [0.25, 0.3) is 5.91 Å². The predicted molar refractivity (Wildman–Crippen MR) is 73.8 cm³/mol.